The van der Waals surface area contributed by atoms with Gasteiger partial charge in [0, 0.05) is 11.4 Å². The number of aliphatic carboxylic acids is 1. The third-order valence-corrected chi connectivity index (χ3v) is 3.78. The van der Waals surface area contributed by atoms with Crippen molar-refractivity contribution in [3.05, 3.63) is 0 Å². The van der Waals surface area contributed by atoms with Crippen LogP contribution in [0.4, 0.5) is 0 Å². The molecule has 0 aromatic heterocycles. The number of carboxylic acids is 1. The highest BCUT2D eigenvalue weighted by Crippen LogP contribution is 2.28. The Balaban J connectivity index is 3.78. The Hall–Kier alpha value is -0.260. The molecular weight excluding hydrogens is 214 g/mol. The summed E-state index contributed by atoms with van der Waals surface area (Å²) < 4.78 is -0.439. The molecule has 4 nitrogen and oxygen atoms in total. The van der Waals surface area contributed by atoms with E-state index in [4.69, 9.17) is 15.9 Å². The van der Waals surface area contributed by atoms with Crippen LogP contribution in [0, 0.1) is 0 Å². The molecule has 15 heavy (non-hydrogen) atoms. The summed E-state index contributed by atoms with van der Waals surface area (Å²) in [6.45, 7) is 3.92. The molecule has 0 amide bonds. The second kappa shape index (κ2) is 7.09. The average molecular weight is 235 g/mol. The van der Waals surface area contributed by atoms with Crippen LogP contribution in [0.3, 0.4) is 0 Å². The number of hydrogen-bond acceptors (Lipinski definition) is 4. The number of hydrogen-bond donors (Lipinski definition) is 3. The van der Waals surface area contributed by atoms with Crippen LogP contribution in [0.2, 0.25) is 0 Å². The maximum Gasteiger partial charge on any atom is 0.321 e. The van der Waals surface area contributed by atoms with Gasteiger partial charge in [-0.2, -0.15) is 11.8 Å². The van der Waals surface area contributed by atoms with Crippen molar-refractivity contribution < 1.29 is 15.0 Å². The van der Waals surface area contributed by atoms with Gasteiger partial charge in [0.1, 0.15) is 6.04 Å². The maximum atomic E-state index is 10.7. The summed E-state index contributed by atoms with van der Waals surface area (Å²) in [5.74, 6) is -0.0728. The minimum atomic E-state index is -0.956. The first-order chi connectivity index (χ1) is 6.91. The van der Waals surface area contributed by atoms with Crippen LogP contribution < -0.4 is 5.73 Å². The quantitative estimate of drug-likeness (QED) is 0.548. The van der Waals surface area contributed by atoms with Gasteiger partial charge in [0.25, 0.3) is 0 Å². The molecule has 1 atom stereocenters. The molecular formula is C10H21NO3S. The van der Waals surface area contributed by atoms with E-state index >= 15 is 0 Å². The molecule has 0 saturated carbocycles. The molecule has 0 heterocycles. The number of aliphatic hydroxyl groups excluding tert-OH is 1. The van der Waals surface area contributed by atoms with Crippen LogP contribution in [0.25, 0.3) is 0 Å². The van der Waals surface area contributed by atoms with E-state index in [2.05, 4.69) is 0 Å². The van der Waals surface area contributed by atoms with Crippen molar-refractivity contribution in [3.63, 3.8) is 0 Å². The first kappa shape index (κ1) is 14.7. The lowest BCUT2D eigenvalue weighted by molar-refractivity contribution is -0.139. The van der Waals surface area contributed by atoms with E-state index in [-0.39, 0.29) is 6.61 Å². The van der Waals surface area contributed by atoms with Crippen molar-refractivity contribution in [1.82, 2.24) is 0 Å². The predicted octanol–water partition coefficient (Wildman–Crippen LogP) is 1.07. The molecule has 0 aliphatic carbocycles. The minimum Gasteiger partial charge on any atom is -0.480 e. The third kappa shape index (κ3) is 6.02. The van der Waals surface area contributed by atoms with Crippen molar-refractivity contribution in [1.29, 1.82) is 0 Å². The molecule has 0 radical (unpaired) electrons. The van der Waals surface area contributed by atoms with Gasteiger partial charge in [0.15, 0.2) is 0 Å². The zero-order valence-electron chi connectivity index (χ0n) is 9.40. The standard InChI is InChI=1S/C10H21NO3S/c1-10(2,8(11)9(13)14)15-7-5-3-4-6-12/h8,12H,3-7,11H2,1-2H3,(H,13,14)/t8-/m0/s1. The highest BCUT2D eigenvalue weighted by molar-refractivity contribution is 8.00. The lowest BCUT2D eigenvalue weighted by atomic mass is 10.1. The van der Waals surface area contributed by atoms with Crippen LogP contribution in [-0.2, 0) is 4.79 Å². The van der Waals surface area contributed by atoms with Gasteiger partial charge in [-0.15, -0.1) is 0 Å². The lowest BCUT2D eigenvalue weighted by Crippen LogP contribution is -2.46. The van der Waals surface area contributed by atoms with E-state index in [1.54, 1.807) is 11.8 Å². The van der Waals surface area contributed by atoms with Gasteiger partial charge >= 0.3 is 5.97 Å². The molecule has 0 saturated heterocycles. The number of carbonyl (C=O) groups is 1. The summed E-state index contributed by atoms with van der Waals surface area (Å²) in [7, 11) is 0. The van der Waals surface area contributed by atoms with Crippen molar-refractivity contribution in [2.75, 3.05) is 12.4 Å². The fourth-order valence-electron chi connectivity index (χ4n) is 1.11. The summed E-state index contributed by atoms with van der Waals surface area (Å²) in [6.07, 6.45) is 2.77. The molecule has 0 aliphatic rings. The number of nitrogens with two attached hydrogens (primary N) is 1. The van der Waals surface area contributed by atoms with Gasteiger partial charge in [-0.1, -0.05) is 6.42 Å². The van der Waals surface area contributed by atoms with Gasteiger partial charge < -0.3 is 15.9 Å². The van der Waals surface area contributed by atoms with Gasteiger partial charge in [-0.3, -0.25) is 4.79 Å². The average Bonchev–Trinajstić information content (AvgIpc) is 2.16. The van der Waals surface area contributed by atoms with E-state index in [0.717, 1.165) is 25.0 Å². The van der Waals surface area contributed by atoms with Gasteiger partial charge in [0.05, 0.1) is 0 Å². The fourth-order valence-corrected chi connectivity index (χ4v) is 2.27. The fraction of sp³-hybridized carbons (Fsp3) is 0.900. The smallest absolute Gasteiger partial charge is 0.321 e. The van der Waals surface area contributed by atoms with Crippen LogP contribution >= 0.6 is 11.8 Å². The molecule has 0 fully saturated rings. The van der Waals surface area contributed by atoms with Crippen LogP contribution in [0.1, 0.15) is 33.1 Å². The molecule has 0 bridgehead atoms. The highest BCUT2D eigenvalue weighted by Gasteiger charge is 2.32. The molecule has 90 valence electrons. The van der Waals surface area contributed by atoms with E-state index in [1.165, 1.54) is 0 Å². The maximum absolute atomic E-state index is 10.7. The van der Waals surface area contributed by atoms with E-state index < -0.39 is 16.8 Å². The summed E-state index contributed by atoms with van der Waals surface area (Å²) in [6, 6.07) is -0.833. The number of aliphatic hydroxyl groups is 1. The normalized spacial score (nSPS) is 13.9. The van der Waals surface area contributed by atoms with Crippen molar-refractivity contribution in [2.45, 2.75) is 43.9 Å². The lowest BCUT2D eigenvalue weighted by Gasteiger charge is -2.27. The van der Waals surface area contributed by atoms with Gasteiger partial charge in [-0.05, 0) is 32.4 Å². The van der Waals surface area contributed by atoms with E-state index in [0.29, 0.717) is 0 Å². The molecule has 5 heteroatoms. The summed E-state index contributed by atoms with van der Waals surface area (Å²) in [5.41, 5.74) is 5.57. The second-order valence-corrected chi connectivity index (χ2v) is 5.80. The SMILES string of the molecule is CC(C)(SCCCCCO)[C@@H](N)C(=O)O. The summed E-state index contributed by atoms with van der Waals surface area (Å²) >= 11 is 1.58. The Morgan fingerprint density at radius 2 is 2.00 bits per heavy atom. The second-order valence-electron chi connectivity index (χ2n) is 4.05. The number of rotatable bonds is 8. The monoisotopic (exact) mass is 235 g/mol. The Morgan fingerprint density at radius 3 is 2.47 bits per heavy atom. The van der Waals surface area contributed by atoms with Crippen molar-refractivity contribution in [3.8, 4) is 0 Å². The summed E-state index contributed by atoms with van der Waals surface area (Å²) in [4.78, 5) is 10.7. The van der Waals surface area contributed by atoms with Crippen LogP contribution in [0.5, 0.6) is 0 Å². The first-order valence-corrected chi connectivity index (χ1v) is 6.13. The third-order valence-electron chi connectivity index (χ3n) is 2.29. The van der Waals surface area contributed by atoms with Gasteiger partial charge in [0.2, 0.25) is 0 Å². The Morgan fingerprint density at radius 1 is 1.40 bits per heavy atom. The minimum absolute atomic E-state index is 0.225. The van der Waals surface area contributed by atoms with E-state index in [9.17, 15) is 4.79 Å². The molecule has 0 unspecified atom stereocenters. The van der Waals surface area contributed by atoms with E-state index in [1.807, 2.05) is 13.8 Å². The largest absolute Gasteiger partial charge is 0.480 e. The Bertz CT molecular complexity index is 197. The molecule has 0 aromatic carbocycles. The van der Waals surface area contributed by atoms with Crippen LogP contribution in [-0.4, -0.2) is 39.3 Å². The Kier molecular flexibility index (Phi) is 6.96. The van der Waals surface area contributed by atoms with Crippen LogP contribution in [0.15, 0.2) is 0 Å². The predicted molar refractivity (Wildman–Crippen MR) is 63.1 cm³/mol. The molecule has 0 aliphatic heterocycles. The first-order valence-electron chi connectivity index (χ1n) is 5.15. The summed E-state index contributed by atoms with van der Waals surface area (Å²) in [5, 5.41) is 17.4. The Labute approximate surface area is 95.2 Å². The highest BCUT2D eigenvalue weighted by atomic mass is 32.2. The molecule has 4 N–H and O–H groups in total. The zero-order chi connectivity index (χ0) is 11.9. The number of carboxylic acid groups (broad SMARTS) is 1. The van der Waals surface area contributed by atoms with Crippen molar-refractivity contribution >= 4 is 17.7 Å². The zero-order valence-corrected chi connectivity index (χ0v) is 10.2. The number of unbranched alkanes of at least 4 members (excludes halogenated alkanes) is 2. The number of thioether (sulfide) groups is 1. The molecule has 0 rings (SSSR count). The van der Waals surface area contributed by atoms with Gasteiger partial charge in [-0.25, -0.2) is 0 Å². The van der Waals surface area contributed by atoms with Crippen molar-refractivity contribution in [2.24, 2.45) is 5.73 Å². The molecule has 0 spiro atoms. The molecule has 0 aromatic rings. The topological polar surface area (TPSA) is 83.5 Å².